The van der Waals surface area contributed by atoms with Crippen molar-refractivity contribution in [1.82, 2.24) is 0 Å². The van der Waals surface area contributed by atoms with Gasteiger partial charge in [-0.25, -0.2) is 9.59 Å². The van der Waals surface area contributed by atoms with Gasteiger partial charge in [0, 0.05) is 0 Å². The minimum Gasteiger partial charge on any atom is -0.386 e. The van der Waals surface area contributed by atoms with E-state index in [0.717, 1.165) is 0 Å². The zero-order valence-corrected chi connectivity index (χ0v) is 8.65. The van der Waals surface area contributed by atoms with Crippen molar-refractivity contribution < 1.29 is 40.7 Å². The average Bonchev–Trinajstić information content (AvgIpc) is 2.50. The fourth-order valence-corrected chi connectivity index (χ4v) is 1.60. The van der Waals surface area contributed by atoms with E-state index in [-0.39, 0.29) is 12.1 Å². The summed E-state index contributed by atoms with van der Waals surface area (Å²) in [6, 6.07) is -0.0449. The molecule has 0 radical (unpaired) electrons. The third kappa shape index (κ3) is 2.15. The lowest BCUT2D eigenvalue weighted by Gasteiger charge is -2.15. The number of carbonyl (C=O) groups excluding carboxylic acids is 2. The predicted octanol–water partition coefficient (Wildman–Crippen LogP) is 3.03. The third-order valence-electron chi connectivity index (χ3n) is 2.39. The molecule has 0 spiro atoms. The van der Waals surface area contributed by atoms with E-state index in [1.165, 1.54) is 0 Å². The van der Waals surface area contributed by atoms with Gasteiger partial charge in [0.2, 0.25) is 0 Å². The summed E-state index contributed by atoms with van der Waals surface area (Å²) in [6.45, 7) is 0. The number of benzene rings is 1. The first-order valence-corrected chi connectivity index (χ1v) is 4.61. The molecule has 1 aromatic rings. The van der Waals surface area contributed by atoms with E-state index in [1.807, 2.05) is 0 Å². The molecule has 2 rings (SSSR count). The fourth-order valence-electron chi connectivity index (χ4n) is 1.60. The number of hydrogen-bond donors (Lipinski definition) is 0. The standard InChI is InChI=1S/C10H2F6O3/c11-9(12,13)5-1-3-4(8(18)19-7(3)17)2-6(5)10(14,15)16/h1-2H. The predicted molar refractivity (Wildman–Crippen MR) is 46.2 cm³/mol. The Bertz CT molecular complexity index is 533. The van der Waals surface area contributed by atoms with Crippen LogP contribution in [0, 0.1) is 0 Å². The molecule has 0 saturated heterocycles. The Kier molecular flexibility index (Phi) is 2.62. The van der Waals surface area contributed by atoms with Crippen molar-refractivity contribution in [3.63, 3.8) is 0 Å². The molecule has 1 aliphatic rings. The molecular formula is C10H2F6O3. The topological polar surface area (TPSA) is 43.4 Å². The number of fused-ring (bicyclic) bond motifs is 1. The molecule has 9 heteroatoms. The minimum atomic E-state index is -5.31. The molecule has 19 heavy (non-hydrogen) atoms. The molecule has 0 aromatic heterocycles. The molecule has 1 aliphatic heterocycles. The average molecular weight is 284 g/mol. The summed E-state index contributed by atoms with van der Waals surface area (Å²) in [5.41, 5.74) is -5.73. The van der Waals surface area contributed by atoms with Gasteiger partial charge in [0.15, 0.2) is 0 Å². The van der Waals surface area contributed by atoms with Crippen molar-refractivity contribution in [2.75, 3.05) is 0 Å². The van der Waals surface area contributed by atoms with E-state index in [9.17, 15) is 35.9 Å². The van der Waals surface area contributed by atoms with Gasteiger partial charge in [0.25, 0.3) is 0 Å². The summed E-state index contributed by atoms with van der Waals surface area (Å²) < 4.78 is 79.2. The van der Waals surface area contributed by atoms with Crippen LogP contribution in [0.5, 0.6) is 0 Å². The van der Waals surface area contributed by atoms with Crippen LogP contribution in [0.15, 0.2) is 12.1 Å². The van der Waals surface area contributed by atoms with Gasteiger partial charge in [0.1, 0.15) is 0 Å². The highest BCUT2D eigenvalue weighted by molar-refractivity contribution is 6.14. The van der Waals surface area contributed by atoms with Crippen molar-refractivity contribution in [3.05, 3.63) is 34.4 Å². The molecule has 0 bridgehead atoms. The summed E-state index contributed by atoms with van der Waals surface area (Å²) in [7, 11) is 0. The molecular weight excluding hydrogens is 282 g/mol. The van der Waals surface area contributed by atoms with E-state index >= 15 is 0 Å². The van der Waals surface area contributed by atoms with Crippen LogP contribution in [0.1, 0.15) is 31.8 Å². The largest absolute Gasteiger partial charge is 0.417 e. The first kappa shape index (κ1) is 13.4. The molecule has 0 unspecified atom stereocenters. The highest BCUT2D eigenvalue weighted by Crippen LogP contribution is 2.42. The molecule has 0 amide bonds. The van der Waals surface area contributed by atoms with E-state index in [4.69, 9.17) is 0 Å². The Labute approximate surface area is 100 Å². The fraction of sp³-hybridized carbons (Fsp3) is 0.200. The van der Waals surface area contributed by atoms with Crippen LogP contribution in [-0.4, -0.2) is 11.9 Å². The number of hydrogen-bond acceptors (Lipinski definition) is 3. The van der Waals surface area contributed by atoms with Gasteiger partial charge < -0.3 is 4.74 Å². The van der Waals surface area contributed by atoms with Gasteiger partial charge in [-0.2, -0.15) is 26.3 Å². The number of halogens is 6. The molecule has 102 valence electrons. The molecule has 0 saturated carbocycles. The number of rotatable bonds is 0. The lowest BCUT2D eigenvalue weighted by Crippen LogP contribution is -2.18. The van der Waals surface area contributed by atoms with Crippen molar-refractivity contribution in [1.29, 1.82) is 0 Å². The maximum Gasteiger partial charge on any atom is 0.417 e. The third-order valence-corrected chi connectivity index (χ3v) is 2.39. The van der Waals surface area contributed by atoms with E-state index in [2.05, 4.69) is 4.74 Å². The highest BCUT2D eigenvalue weighted by Gasteiger charge is 2.46. The Morgan fingerprint density at radius 3 is 1.32 bits per heavy atom. The van der Waals surface area contributed by atoms with Crippen LogP contribution >= 0.6 is 0 Å². The molecule has 0 N–H and O–H groups in total. The maximum absolute atomic E-state index is 12.5. The number of esters is 2. The van der Waals surface area contributed by atoms with Gasteiger partial charge in [-0.05, 0) is 12.1 Å². The smallest absolute Gasteiger partial charge is 0.386 e. The van der Waals surface area contributed by atoms with Crippen LogP contribution in [0.25, 0.3) is 0 Å². The zero-order chi connectivity index (χ0) is 14.6. The second-order valence-corrected chi connectivity index (χ2v) is 3.62. The summed E-state index contributed by atoms with van der Waals surface area (Å²) in [5, 5.41) is 0. The van der Waals surface area contributed by atoms with Crippen LogP contribution < -0.4 is 0 Å². The Balaban J connectivity index is 2.78. The summed E-state index contributed by atoms with van der Waals surface area (Å²) in [4.78, 5) is 22.0. The van der Waals surface area contributed by atoms with Crippen LogP contribution in [0.2, 0.25) is 0 Å². The Hall–Kier alpha value is -2.06. The molecule has 3 nitrogen and oxygen atoms in total. The summed E-state index contributed by atoms with van der Waals surface area (Å²) in [5.74, 6) is -2.81. The van der Waals surface area contributed by atoms with Crippen molar-refractivity contribution in [2.24, 2.45) is 0 Å². The van der Waals surface area contributed by atoms with E-state index < -0.39 is 46.5 Å². The molecule has 0 atom stereocenters. The summed E-state index contributed by atoms with van der Waals surface area (Å²) in [6.07, 6.45) is -10.6. The quantitative estimate of drug-likeness (QED) is 0.418. The Morgan fingerprint density at radius 2 is 1.05 bits per heavy atom. The van der Waals surface area contributed by atoms with Gasteiger partial charge in [0.05, 0.1) is 22.3 Å². The normalized spacial score (nSPS) is 15.5. The van der Waals surface area contributed by atoms with E-state index in [1.54, 1.807) is 0 Å². The first-order chi connectivity index (χ1) is 8.51. The highest BCUT2D eigenvalue weighted by atomic mass is 19.4. The maximum atomic E-state index is 12.5. The number of cyclic esters (lactones) is 2. The number of carbonyl (C=O) groups is 2. The van der Waals surface area contributed by atoms with Crippen molar-refractivity contribution in [3.8, 4) is 0 Å². The SMILES string of the molecule is O=C1OC(=O)c2cc(C(F)(F)F)c(C(F)(F)F)cc21. The van der Waals surface area contributed by atoms with Crippen molar-refractivity contribution in [2.45, 2.75) is 12.4 Å². The number of ether oxygens (including phenoxy) is 1. The molecule has 0 fully saturated rings. The number of alkyl halides is 6. The molecule has 1 heterocycles. The van der Waals surface area contributed by atoms with Crippen molar-refractivity contribution >= 4 is 11.9 Å². The molecule has 1 aromatic carbocycles. The second kappa shape index (κ2) is 3.72. The monoisotopic (exact) mass is 284 g/mol. The summed E-state index contributed by atoms with van der Waals surface area (Å²) >= 11 is 0. The second-order valence-electron chi connectivity index (χ2n) is 3.62. The van der Waals surface area contributed by atoms with Gasteiger partial charge in [-0.3, -0.25) is 0 Å². The van der Waals surface area contributed by atoms with Gasteiger partial charge in [-0.15, -0.1) is 0 Å². The zero-order valence-electron chi connectivity index (χ0n) is 8.65. The van der Waals surface area contributed by atoms with Crippen LogP contribution in [-0.2, 0) is 17.1 Å². The Morgan fingerprint density at radius 1 is 0.737 bits per heavy atom. The first-order valence-electron chi connectivity index (χ1n) is 4.61. The minimum absolute atomic E-state index is 0.0224. The lowest BCUT2D eigenvalue weighted by atomic mass is 9.98. The lowest BCUT2D eigenvalue weighted by molar-refractivity contribution is -0.162. The molecule has 0 aliphatic carbocycles. The van der Waals surface area contributed by atoms with E-state index in [0.29, 0.717) is 0 Å². The van der Waals surface area contributed by atoms with Crippen LogP contribution in [0.3, 0.4) is 0 Å². The van der Waals surface area contributed by atoms with Gasteiger partial charge >= 0.3 is 24.3 Å². The van der Waals surface area contributed by atoms with Gasteiger partial charge in [-0.1, -0.05) is 0 Å². The van der Waals surface area contributed by atoms with Crippen LogP contribution in [0.4, 0.5) is 26.3 Å².